The van der Waals surface area contributed by atoms with Gasteiger partial charge < -0.3 is 9.47 Å². The van der Waals surface area contributed by atoms with Gasteiger partial charge in [0.05, 0.1) is 12.8 Å². The Morgan fingerprint density at radius 3 is 2.52 bits per heavy atom. The van der Waals surface area contributed by atoms with Crippen molar-refractivity contribution >= 4 is 41.1 Å². The molecular formula is C19H15ClN2O5. The average Bonchev–Trinajstić information content (AvgIpc) is 2.92. The van der Waals surface area contributed by atoms with Gasteiger partial charge in [0.1, 0.15) is 5.57 Å². The predicted octanol–water partition coefficient (Wildman–Crippen LogP) is 2.74. The number of nitrogens with zero attached hydrogens (tertiary/aromatic N) is 1. The summed E-state index contributed by atoms with van der Waals surface area (Å²) < 4.78 is 10.4. The van der Waals surface area contributed by atoms with Crippen molar-refractivity contribution in [3.63, 3.8) is 0 Å². The number of halogens is 1. The third-order valence-corrected chi connectivity index (χ3v) is 3.94. The van der Waals surface area contributed by atoms with Gasteiger partial charge in [-0.15, -0.1) is 0 Å². The van der Waals surface area contributed by atoms with Gasteiger partial charge in [0, 0.05) is 23.6 Å². The molecule has 1 aliphatic rings. The van der Waals surface area contributed by atoms with Gasteiger partial charge in [0.25, 0.3) is 11.8 Å². The summed E-state index contributed by atoms with van der Waals surface area (Å²) >= 11 is 6.07. The minimum atomic E-state index is -0.587. The van der Waals surface area contributed by atoms with Crippen LogP contribution in [-0.2, 0) is 14.4 Å². The maximum Gasteiger partial charge on any atom is 0.308 e. The molecule has 2 aromatic carbocycles. The number of esters is 1. The highest BCUT2D eigenvalue weighted by molar-refractivity contribution is 6.32. The first-order chi connectivity index (χ1) is 12.9. The van der Waals surface area contributed by atoms with Crippen LogP contribution in [0.2, 0.25) is 5.02 Å². The van der Waals surface area contributed by atoms with Gasteiger partial charge in [-0.2, -0.15) is 0 Å². The quantitative estimate of drug-likeness (QED) is 0.378. The van der Waals surface area contributed by atoms with Crippen LogP contribution in [0.25, 0.3) is 6.08 Å². The Kier molecular flexibility index (Phi) is 5.14. The second-order valence-electron chi connectivity index (χ2n) is 5.60. The van der Waals surface area contributed by atoms with E-state index in [-0.39, 0.29) is 22.6 Å². The number of hydrogen-bond acceptors (Lipinski definition) is 5. The molecule has 1 N–H and O–H groups in total. The second-order valence-corrected chi connectivity index (χ2v) is 6.03. The van der Waals surface area contributed by atoms with Crippen LogP contribution in [0, 0.1) is 0 Å². The number of rotatable bonds is 4. The number of carbonyl (C=O) groups excluding carboxylic acids is 3. The zero-order valence-electron chi connectivity index (χ0n) is 14.5. The molecule has 1 fully saturated rings. The highest BCUT2D eigenvalue weighted by Gasteiger charge is 2.34. The fourth-order valence-electron chi connectivity index (χ4n) is 2.57. The van der Waals surface area contributed by atoms with Crippen LogP contribution in [0.1, 0.15) is 12.5 Å². The lowest BCUT2D eigenvalue weighted by molar-refractivity contribution is -0.132. The Bertz CT molecular complexity index is 956. The summed E-state index contributed by atoms with van der Waals surface area (Å²) in [6.07, 6.45) is 1.31. The first-order valence-corrected chi connectivity index (χ1v) is 8.26. The van der Waals surface area contributed by atoms with Crippen LogP contribution >= 0.6 is 11.6 Å². The Hall–Kier alpha value is -3.32. The largest absolute Gasteiger partial charge is 0.493 e. The Balaban J connectivity index is 2.06. The first kappa shape index (κ1) is 18.5. The van der Waals surface area contributed by atoms with Crippen molar-refractivity contribution < 1.29 is 23.9 Å². The molecule has 2 aromatic rings. The fraction of sp³-hybridized carbons (Fsp3) is 0.105. The molecule has 0 aliphatic carbocycles. The number of carbonyl (C=O) groups is 3. The highest BCUT2D eigenvalue weighted by Crippen LogP contribution is 2.36. The molecule has 8 heteroatoms. The molecule has 0 atom stereocenters. The van der Waals surface area contributed by atoms with E-state index in [1.54, 1.807) is 30.3 Å². The molecule has 1 heterocycles. The Morgan fingerprint density at radius 1 is 1.19 bits per heavy atom. The summed E-state index contributed by atoms with van der Waals surface area (Å²) in [7, 11) is 1.39. The maximum absolute atomic E-state index is 12.7. The minimum absolute atomic E-state index is 0.0701. The minimum Gasteiger partial charge on any atom is -0.493 e. The van der Waals surface area contributed by atoms with Crippen LogP contribution < -0.4 is 19.9 Å². The standard InChI is InChI=1S/C19H15ClN2O5/c1-11(23)27-17-12(8-13(20)10-16(17)26-2)9-15-18(24)21-22(19(15)25)14-6-4-3-5-7-14/h3-10H,1-2H3,(H,21,24)/b15-9+. The predicted molar refractivity (Wildman–Crippen MR) is 99.4 cm³/mol. The highest BCUT2D eigenvalue weighted by atomic mass is 35.5. The van der Waals surface area contributed by atoms with E-state index in [4.69, 9.17) is 21.1 Å². The lowest BCUT2D eigenvalue weighted by Crippen LogP contribution is -2.35. The normalized spacial score (nSPS) is 15.1. The summed E-state index contributed by atoms with van der Waals surface area (Å²) in [6, 6.07) is 11.6. The molecule has 2 amide bonds. The molecule has 3 rings (SSSR count). The number of amides is 2. The van der Waals surface area contributed by atoms with Crippen molar-refractivity contribution in [1.82, 2.24) is 5.43 Å². The van der Waals surface area contributed by atoms with Gasteiger partial charge in [-0.1, -0.05) is 29.8 Å². The van der Waals surface area contributed by atoms with Crippen LogP contribution in [0.3, 0.4) is 0 Å². The molecule has 0 aromatic heterocycles. The van der Waals surface area contributed by atoms with Gasteiger partial charge in [-0.3, -0.25) is 19.8 Å². The SMILES string of the molecule is COc1cc(Cl)cc(/C=C2\C(=O)NN(c3ccccc3)C2=O)c1OC(C)=O. The first-order valence-electron chi connectivity index (χ1n) is 7.89. The summed E-state index contributed by atoms with van der Waals surface area (Å²) in [5, 5.41) is 1.43. The molecule has 1 saturated heterocycles. The molecule has 7 nitrogen and oxygen atoms in total. The smallest absolute Gasteiger partial charge is 0.308 e. The van der Waals surface area contributed by atoms with E-state index in [0.717, 1.165) is 5.01 Å². The number of benzene rings is 2. The Labute approximate surface area is 160 Å². The van der Waals surface area contributed by atoms with Gasteiger partial charge in [0.2, 0.25) is 0 Å². The number of hydrogen-bond donors (Lipinski definition) is 1. The number of methoxy groups -OCH3 is 1. The van der Waals surface area contributed by atoms with E-state index in [1.165, 1.54) is 32.2 Å². The Morgan fingerprint density at radius 2 is 1.89 bits per heavy atom. The van der Waals surface area contributed by atoms with Gasteiger partial charge >= 0.3 is 5.97 Å². The van der Waals surface area contributed by atoms with Crippen molar-refractivity contribution in [2.24, 2.45) is 0 Å². The molecule has 0 saturated carbocycles. The molecule has 0 spiro atoms. The number of anilines is 1. The van der Waals surface area contributed by atoms with E-state index in [9.17, 15) is 14.4 Å². The van der Waals surface area contributed by atoms with Crippen LogP contribution in [-0.4, -0.2) is 24.9 Å². The third kappa shape index (κ3) is 3.78. The number of nitrogens with one attached hydrogen (secondary N) is 1. The monoisotopic (exact) mass is 386 g/mol. The molecule has 0 radical (unpaired) electrons. The molecule has 1 aliphatic heterocycles. The third-order valence-electron chi connectivity index (χ3n) is 3.72. The van der Waals surface area contributed by atoms with E-state index >= 15 is 0 Å². The fourth-order valence-corrected chi connectivity index (χ4v) is 2.79. The zero-order valence-corrected chi connectivity index (χ0v) is 15.2. The number of para-hydroxylation sites is 1. The van der Waals surface area contributed by atoms with E-state index in [0.29, 0.717) is 10.7 Å². The second kappa shape index (κ2) is 7.51. The summed E-state index contributed by atoms with van der Waals surface area (Å²) in [5.41, 5.74) is 3.15. The summed E-state index contributed by atoms with van der Waals surface area (Å²) in [6.45, 7) is 1.23. The maximum atomic E-state index is 12.7. The molecule has 0 unspecified atom stereocenters. The van der Waals surface area contributed by atoms with Gasteiger partial charge in [-0.25, -0.2) is 5.01 Å². The molecule has 0 bridgehead atoms. The summed E-state index contributed by atoms with van der Waals surface area (Å²) in [4.78, 5) is 36.5. The van der Waals surface area contributed by atoms with Crippen molar-refractivity contribution in [1.29, 1.82) is 0 Å². The molecule has 138 valence electrons. The number of ether oxygens (including phenoxy) is 2. The van der Waals surface area contributed by atoms with E-state index in [2.05, 4.69) is 5.43 Å². The van der Waals surface area contributed by atoms with Gasteiger partial charge in [-0.05, 0) is 24.3 Å². The lowest BCUT2D eigenvalue weighted by Gasteiger charge is -2.14. The van der Waals surface area contributed by atoms with E-state index < -0.39 is 17.8 Å². The van der Waals surface area contributed by atoms with E-state index in [1.807, 2.05) is 0 Å². The van der Waals surface area contributed by atoms with Crippen LogP contribution in [0.5, 0.6) is 11.5 Å². The zero-order chi connectivity index (χ0) is 19.6. The van der Waals surface area contributed by atoms with Crippen molar-refractivity contribution in [2.75, 3.05) is 12.1 Å². The molecule has 27 heavy (non-hydrogen) atoms. The van der Waals surface area contributed by atoms with Crippen LogP contribution in [0.15, 0.2) is 48.0 Å². The topological polar surface area (TPSA) is 84.9 Å². The van der Waals surface area contributed by atoms with Crippen molar-refractivity contribution in [3.05, 3.63) is 58.6 Å². The average molecular weight is 387 g/mol. The van der Waals surface area contributed by atoms with Crippen molar-refractivity contribution in [2.45, 2.75) is 6.92 Å². The van der Waals surface area contributed by atoms with Crippen molar-refractivity contribution in [3.8, 4) is 11.5 Å². The lowest BCUT2D eigenvalue weighted by atomic mass is 10.1. The summed E-state index contributed by atoms with van der Waals surface area (Å²) in [5.74, 6) is -1.44. The van der Waals surface area contributed by atoms with Gasteiger partial charge in [0.15, 0.2) is 11.5 Å². The number of hydrazine groups is 1. The van der Waals surface area contributed by atoms with Crippen LogP contribution in [0.4, 0.5) is 5.69 Å². The molecular weight excluding hydrogens is 372 g/mol.